The fourth-order valence-corrected chi connectivity index (χ4v) is 2.88. The van der Waals surface area contributed by atoms with Gasteiger partial charge in [-0.25, -0.2) is 0 Å². The number of hydrogen-bond acceptors (Lipinski definition) is 4. The Morgan fingerprint density at radius 1 is 1.38 bits per heavy atom. The molecule has 2 amide bonds. The number of likely N-dealkylation sites (tertiary alicyclic amines) is 1. The highest BCUT2D eigenvalue weighted by molar-refractivity contribution is 5.95. The summed E-state index contributed by atoms with van der Waals surface area (Å²) < 4.78 is 5.70. The Morgan fingerprint density at radius 3 is 2.85 bits per heavy atom. The highest BCUT2D eigenvalue weighted by Gasteiger charge is 2.28. The largest absolute Gasteiger partial charge is 0.493 e. The van der Waals surface area contributed by atoms with Gasteiger partial charge in [-0.3, -0.25) is 9.59 Å². The van der Waals surface area contributed by atoms with Crippen LogP contribution in [0.1, 0.15) is 37.0 Å². The molecule has 1 heterocycles. The van der Waals surface area contributed by atoms with Gasteiger partial charge in [0.05, 0.1) is 12.5 Å². The van der Waals surface area contributed by atoms with Crippen molar-refractivity contribution in [2.45, 2.75) is 26.7 Å². The Morgan fingerprint density at radius 2 is 2.15 bits per heavy atom. The summed E-state index contributed by atoms with van der Waals surface area (Å²) >= 11 is 0. The fourth-order valence-electron chi connectivity index (χ4n) is 2.88. The zero-order valence-electron chi connectivity index (χ0n) is 15.6. The minimum absolute atomic E-state index is 0. The molecule has 26 heavy (non-hydrogen) atoms. The van der Waals surface area contributed by atoms with Gasteiger partial charge in [0.25, 0.3) is 5.91 Å². The number of hydrogen-bond donors (Lipinski definition) is 2. The van der Waals surface area contributed by atoms with Crippen LogP contribution in [0.5, 0.6) is 5.75 Å². The first-order valence-corrected chi connectivity index (χ1v) is 9.01. The average Bonchev–Trinajstić information content (AvgIpc) is 2.64. The van der Waals surface area contributed by atoms with Gasteiger partial charge in [-0.2, -0.15) is 0 Å². The maximum Gasteiger partial charge on any atom is 0.254 e. The molecule has 0 spiro atoms. The predicted octanol–water partition coefficient (Wildman–Crippen LogP) is 2.07. The van der Waals surface area contributed by atoms with E-state index in [-0.39, 0.29) is 30.1 Å². The van der Waals surface area contributed by atoms with Crippen molar-refractivity contribution in [1.82, 2.24) is 10.2 Å². The minimum Gasteiger partial charge on any atom is -0.493 e. The quantitative estimate of drug-likeness (QED) is 0.754. The van der Waals surface area contributed by atoms with Gasteiger partial charge in [0.2, 0.25) is 5.91 Å². The molecule has 1 aliphatic rings. The van der Waals surface area contributed by atoms with Crippen LogP contribution in [0.15, 0.2) is 24.3 Å². The number of halogens is 1. The summed E-state index contributed by atoms with van der Waals surface area (Å²) in [5, 5.41) is 2.82. The van der Waals surface area contributed by atoms with Crippen LogP contribution in [0.3, 0.4) is 0 Å². The predicted molar refractivity (Wildman–Crippen MR) is 105 cm³/mol. The standard InChI is InChI=1S/C19H29N3O3.ClH/c1-14(2)13-25-17-7-3-5-15(11-17)19(24)22-10-4-6-16(12-22)18(23)21-9-8-20;/h3,5,7,11,14,16H,4,6,8-10,12-13,20H2,1-2H3,(H,21,23);1H. The summed E-state index contributed by atoms with van der Waals surface area (Å²) in [6.45, 7) is 6.80. The average molecular weight is 384 g/mol. The van der Waals surface area contributed by atoms with Crippen molar-refractivity contribution < 1.29 is 14.3 Å². The molecular formula is C19H30ClN3O3. The van der Waals surface area contributed by atoms with Crippen LogP contribution < -0.4 is 15.8 Å². The molecule has 2 rings (SSSR count). The van der Waals surface area contributed by atoms with Crippen LogP contribution in [-0.4, -0.2) is 49.5 Å². The molecule has 1 saturated heterocycles. The van der Waals surface area contributed by atoms with E-state index in [1.54, 1.807) is 17.0 Å². The number of piperidine rings is 1. The third kappa shape index (κ3) is 6.50. The summed E-state index contributed by atoms with van der Waals surface area (Å²) in [5.41, 5.74) is 6.03. The Bertz CT molecular complexity index is 595. The van der Waals surface area contributed by atoms with Crippen molar-refractivity contribution in [1.29, 1.82) is 0 Å². The fraction of sp³-hybridized carbons (Fsp3) is 0.579. The van der Waals surface area contributed by atoms with Crippen LogP contribution >= 0.6 is 12.4 Å². The first-order chi connectivity index (χ1) is 12.0. The number of benzene rings is 1. The maximum absolute atomic E-state index is 12.8. The Balaban J connectivity index is 0.00000338. The van der Waals surface area contributed by atoms with Crippen LogP contribution in [0.25, 0.3) is 0 Å². The molecule has 0 radical (unpaired) electrons. The van der Waals surface area contributed by atoms with Crippen molar-refractivity contribution >= 4 is 24.2 Å². The summed E-state index contributed by atoms with van der Waals surface area (Å²) in [6.07, 6.45) is 1.63. The van der Waals surface area contributed by atoms with E-state index in [0.717, 1.165) is 12.8 Å². The van der Waals surface area contributed by atoms with Crippen molar-refractivity contribution in [3.05, 3.63) is 29.8 Å². The van der Waals surface area contributed by atoms with Gasteiger partial charge < -0.3 is 20.7 Å². The highest BCUT2D eigenvalue weighted by atomic mass is 35.5. The van der Waals surface area contributed by atoms with Crippen LogP contribution in [0.4, 0.5) is 0 Å². The van der Waals surface area contributed by atoms with Crippen molar-refractivity contribution in [3.8, 4) is 5.75 Å². The van der Waals surface area contributed by atoms with E-state index < -0.39 is 0 Å². The van der Waals surface area contributed by atoms with E-state index in [0.29, 0.717) is 50.0 Å². The normalized spacial score (nSPS) is 16.8. The summed E-state index contributed by atoms with van der Waals surface area (Å²) in [5.74, 6) is 0.899. The summed E-state index contributed by atoms with van der Waals surface area (Å²) in [4.78, 5) is 26.7. The second kappa shape index (κ2) is 11.0. The zero-order chi connectivity index (χ0) is 18.2. The lowest BCUT2D eigenvalue weighted by atomic mass is 9.96. The zero-order valence-corrected chi connectivity index (χ0v) is 16.4. The van der Waals surface area contributed by atoms with E-state index in [4.69, 9.17) is 10.5 Å². The number of nitrogens with zero attached hydrogens (tertiary/aromatic N) is 1. The van der Waals surface area contributed by atoms with Gasteiger partial charge in [0, 0.05) is 31.7 Å². The Labute approximate surface area is 161 Å². The monoisotopic (exact) mass is 383 g/mol. The molecule has 1 aromatic carbocycles. The van der Waals surface area contributed by atoms with Crippen molar-refractivity contribution in [2.24, 2.45) is 17.6 Å². The molecule has 6 nitrogen and oxygen atoms in total. The van der Waals surface area contributed by atoms with Gasteiger partial charge in [-0.1, -0.05) is 19.9 Å². The summed E-state index contributed by atoms with van der Waals surface area (Å²) in [7, 11) is 0. The molecule has 1 aliphatic heterocycles. The topological polar surface area (TPSA) is 84.7 Å². The molecule has 0 saturated carbocycles. The number of ether oxygens (including phenoxy) is 1. The van der Waals surface area contributed by atoms with E-state index >= 15 is 0 Å². The van der Waals surface area contributed by atoms with Gasteiger partial charge in [0.15, 0.2) is 0 Å². The SMILES string of the molecule is CC(C)COc1cccc(C(=O)N2CCCC(C(=O)NCCN)C2)c1.Cl. The van der Waals surface area contributed by atoms with Crippen LogP contribution in [0.2, 0.25) is 0 Å². The first-order valence-electron chi connectivity index (χ1n) is 9.01. The molecule has 1 atom stereocenters. The van der Waals surface area contributed by atoms with Crippen LogP contribution in [-0.2, 0) is 4.79 Å². The van der Waals surface area contributed by atoms with Crippen molar-refractivity contribution in [2.75, 3.05) is 32.8 Å². The number of carbonyl (C=O) groups excluding carboxylic acids is 2. The lowest BCUT2D eigenvalue weighted by Gasteiger charge is -2.32. The van der Waals surface area contributed by atoms with Crippen LogP contribution in [0, 0.1) is 11.8 Å². The highest BCUT2D eigenvalue weighted by Crippen LogP contribution is 2.21. The number of amides is 2. The molecule has 1 aromatic rings. The molecule has 146 valence electrons. The smallest absolute Gasteiger partial charge is 0.254 e. The molecule has 0 aliphatic carbocycles. The van der Waals surface area contributed by atoms with E-state index in [2.05, 4.69) is 19.2 Å². The van der Waals surface area contributed by atoms with Gasteiger partial charge in [-0.05, 0) is 37.0 Å². The molecule has 0 aromatic heterocycles. The molecule has 1 unspecified atom stereocenters. The van der Waals surface area contributed by atoms with Gasteiger partial charge in [-0.15, -0.1) is 12.4 Å². The lowest BCUT2D eigenvalue weighted by Crippen LogP contribution is -2.46. The Hall–Kier alpha value is -1.79. The summed E-state index contributed by atoms with van der Waals surface area (Å²) in [6, 6.07) is 7.27. The second-order valence-electron chi connectivity index (χ2n) is 6.90. The van der Waals surface area contributed by atoms with E-state index in [1.807, 2.05) is 12.1 Å². The third-order valence-electron chi connectivity index (χ3n) is 4.19. The number of nitrogens with two attached hydrogens (primary N) is 1. The van der Waals surface area contributed by atoms with E-state index in [1.165, 1.54) is 0 Å². The van der Waals surface area contributed by atoms with Gasteiger partial charge in [0.1, 0.15) is 5.75 Å². The Kier molecular flexibility index (Phi) is 9.44. The molecule has 0 bridgehead atoms. The maximum atomic E-state index is 12.8. The number of carbonyl (C=O) groups is 2. The second-order valence-corrected chi connectivity index (χ2v) is 6.90. The number of rotatable bonds is 7. The third-order valence-corrected chi connectivity index (χ3v) is 4.19. The lowest BCUT2D eigenvalue weighted by molar-refractivity contribution is -0.126. The molecular weight excluding hydrogens is 354 g/mol. The number of nitrogens with one attached hydrogen (secondary N) is 1. The van der Waals surface area contributed by atoms with Gasteiger partial charge >= 0.3 is 0 Å². The van der Waals surface area contributed by atoms with Crippen molar-refractivity contribution in [3.63, 3.8) is 0 Å². The van der Waals surface area contributed by atoms with E-state index in [9.17, 15) is 9.59 Å². The first kappa shape index (κ1) is 22.3. The molecule has 1 fully saturated rings. The molecule has 3 N–H and O–H groups in total. The molecule has 7 heteroatoms. The minimum atomic E-state index is -0.162.